The number of aliphatic hydroxyl groups is 1. The lowest BCUT2D eigenvalue weighted by Gasteiger charge is -2.31. The molecule has 1 aliphatic rings. The highest BCUT2D eigenvalue weighted by atomic mass is 16.6. The van der Waals surface area contributed by atoms with E-state index in [1.165, 1.54) is 7.11 Å². The Labute approximate surface area is 218 Å². The Balaban J connectivity index is 1.92. The van der Waals surface area contributed by atoms with Gasteiger partial charge in [0.2, 0.25) is 11.9 Å². The zero-order valence-corrected chi connectivity index (χ0v) is 22.7. The smallest absolute Gasteiger partial charge is 0.417 e. The van der Waals surface area contributed by atoms with Gasteiger partial charge >= 0.3 is 6.09 Å². The lowest BCUT2D eigenvalue weighted by molar-refractivity contribution is -0.138. The Morgan fingerprint density at radius 1 is 1.14 bits per heavy atom. The molecule has 0 saturated carbocycles. The molecule has 202 valence electrons. The number of hydrogen-bond donors (Lipinski definition) is 1. The summed E-state index contributed by atoms with van der Waals surface area (Å²) in [5.41, 5.74) is 1.88. The standard InChI is InChI=1S/C29H39NO7/c1-18(2)26-29(4,5)37-28(34)30(26)27(33)25(35-6)24(32)23-17-21(20-13-11-12-19(3)16-20)22(36-23)14-9-7-8-10-15-31/h11-13,16-18,25-26,31H,7-10,14-15H2,1-6H3. The van der Waals surface area contributed by atoms with Crippen LogP contribution in [-0.4, -0.2) is 59.3 Å². The van der Waals surface area contributed by atoms with Crippen LogP contribution in [0.5, 0.6) is 0 Å². The van der Waals surface area contributed by atoms with E-state index < -0.39 is 35.5 Å². The third-order valence-electron chi connectivity index (χ3n) is 6.80. The maximum absolute atomic E-state index is 13.6. The number of furan rings is 1. The highest BCUT2D eigenvalue weighted by Gasteiger charge is 2.54. The number of aliphatic hydroxyl groups excluding tert-OH is 1. The second-order valence-electron chi connectivity index (χ2n) is 10.6. The number of rotatable bonds is 12. The Hall–Kier alpha value is -2.97. The van der Waals surface area contributed by atoms with Gasteiger partial charge in [-0.25, -0.2) is 9.69 Å². The van der Waals surface area contributed by atoms with Gasteiger partial charge in [0.1, 0.15) is 11.4 Å². The van der Waals surface area contributed by atoms with Crippen LogP contribution in [-0.2, 0) is 20.7 Å². The number of benzene rings is 1. The molecule has 2 aromatic rings. The van der Waals surface area contributed by atoms with E-state index in [4.69, 9.17) is 19.0 Å². The van der Waals surface area contributed by atoms with E-state index in [0.717, 1.165) is 47.3 Å². The van der Waals surface area contributed by atoms with E-state index in [-0.39, 0.29) is 18.3 Å². The third-order valence-corrected chi connectivity index (χ3v) is 6.80. The minimum Gasteiger partial charge on any atom is -0.457 e. The number of imide groups is 1. The molecule has 2 amide bonds. The van der Waals surface area contributed by atoms with Gasteiger partial charge in [0.25, 0.3) is 5.91 Å². The van der Waals surface area contributed by atoms with Gasteiger partial charge in [-0.1, -0.05) is 56.5 Å². The molecule has 0 radical (unpaired) electrons. The lowest BCUT2D eigenvalue weighted by atomic mass is 9.88. The summed E-state index contributed by atoms with van der Waals surface area (Å²) in [6, 6.07) is 9.01. The van der Waals surface area contributed by atoms with Crippen molar-refractivity contribution in [3.63, 3.8) is 0 Å². The average Bonchev–Trinajstić information content (AvgIpc) is 3.36. The fraction of sp³-hybridized carbons (Fsp3) is 0.552. The minimum absolute atomic E-state index is 0.00925. The second kappa shape index (κ2) is 12.0. The average molecular weight is 514 g/mol. The molecule has 1 fully saturated rings. The first-order valence-electron chi connectivity index (χ1n) is 13.0. The minimum atomic E-state index is -1.54. The number of ether oxygens (including phenoxy) is 2. The molecular weight excluding hydrogens is 474 g/mol. The molecule has 1 aromatic heterocycles. The van der Waals surface area contributed by atoms with E-state index in [2.05, 4.69) is 0 Å². The number of unbranched alkanes of at least 4 members (excludes halogenated alkanes) is 3. The zero-order valence-electron chi connectivity index (χ0n) is 22.7. The molecule has 8 nitrogen and oxygen atoms in total. The van der Waals surface area contributed by atoms with Crippen molar-refractivity contribution in [2.24, 2.45) is 5.92 Å². The normalized spacial score (nSPS) is 17.8. The van der Waals surface area contributed by atoms with Gasteiger partial charge < -0.3 is 19.0 Å². The van der Waals surface area contributed by atoms with Gasteiger partial charge in [0, 0.05) is 25.7 Å². The fourth-order valence-electron chi connectivity index (χ4n) is 5.21. The van der Waals surface area contributed by atoms with Crippen LogP contribution >= 0.6 is 0 Å². The van der Waals surface area contributed by atoms with Crippen molar-refractivity contribution in [2.75, 3.05) is 13.7 Å². The van der Waals surface area contributed by atoms with Crippen molar-refractivity contribution in [3.8, 4) is 11.1 Å². The molecule has 0 bridgehead atoms. The van der Waals surface area contributed by atoms with E-state index in [9.17, 15) is 14.4 Å². The molecule has 1 saturated heterocycles. The van der Waals surface area contributed by atoms with Crippen LogP contribution in [0.1, 0.15) is 75.3 Å². The molecule has 1 aliphatic heterocycles. The van der Waals surface area contributed by atoms with Gasteiger partial charge in [-0.2, -0.15) is 0 Å². The highest BCUT2D eigenvalue weighted by Crippen LogP contribution is 2.35. The van der Waals surface area contributed by atoms with E-state index in [1.54, 1.807) is 19.9 Å². The molecule has 2 heterocycles. The monoisotopic (exact) mass is 513 g/mol. The van der Waals surface area contributed by atoms with Gasteiger partial charge in [0.15, 0.2) is 5.76 Å². The molecule has 37 heavy (non-hydrogen) atoms. The van der Waals surface area contributed by atoms with Gasteiger partial charge in [-0.05, 0) is 51.2 Å². The Kier molecular flexibility index (Phi) is 9.31. The molecule has 3 rings (SSSR count). The number of cyclic esters (lactones) is 1. The van der Waals surface area contributed by atoms with Crippen molar-refractivity contribution in [2.45, 2.75) is 84.5 Å². The molecule has 2 unspecified atom stereocenters. The third kappa shape index (κ3) is 6.30. The SMILES string of the molecule is COC(C(=O)c1cc(-c2cccc(C)c2)c(CCCCCCO)o1)C(=O)N1C(=O)OC(C)(C)C1C(C)C. The van der Waals surface area contributed by atoms with E-state index >= 15 is 0 Å². The molecule has 1 aromatic carbocycles. The number of ketones is 1. The molecule has 0 spiro atoms. The van der Waals surface area contributed by atoms with Crippen molar-refractivity contribution >= 4 is 17.8 Å². The molecule has 2 atom stereocenters. The van der Waals surface area contributed by atoms with Crippen LogP contribution in [0.15, 0.2) is 34.7 Å². The number of hydrogen-bond acceptors (Lipinski definition) is 7. The number of Topliss-reactive ketones (excluding diaryl/α,β-unsaturated/α-hetero) is 1. The van der Waals surface area contributed by atoms with Gasteiger partial charge in [-0.15, -0.1) is 0 Å². The molecule has 1 N–H and O–H groups in total. The Morgan fingerprint density at radius 3 is 2.46 bits per heavy atom. The molecule has 0 aliphatic carbocycles. The summed E-state index contributed by atoms with van der Waals surface area (Å²) < 4.78 is 16.9. The predicted octanol–water partition coefficient (Wildman–Crippen LogP) is 5.33. The summed E-state index contributed by atoms with van der Waals surface area (Å²) in [6.07, 6.45) is 1.68. The topological polar surface area (TPSA) is 106 Å². The first kappa shape index (κ1) is 28.6. The number of nitrogens with zero attached hydrogens (tertiary/aromatic N) is 1. The highest BCUT2D eigenvalue weighted by molar-refractivity contribution is 6.14. The van der Waals surface area contributed by atoms with Crippen molar-refractivity contribution in [1.29, 1.82) is 0 Å². The first-order chi connectivity index (χ1) is 17.5. The van der Waals surface area contributed by atoms with E-state index in [0.29, 0.717) is 12.2 Å². The number of carbonyl (C=O) groups excluding carboxylic acids is 3. The summed E-state index contributed by atoms with van der Waals surface area (Å²) in [7, 11) is 1.27. The van der Waals surface area contributed by atoms with Crippen molar-refractivity contribution < 1.29 is 33.4 Å². The van der Waals surface area contributed by atoms with E-state index in [1.807, 2.05) is 45.0 Å². The molecule has 8 heteroatoms. The zero-order chi connectivity index (χ0) is 27.3. The maximum Gasteiger partial charge on any atom is 0.417 e. The largest absolute Gasteiger partial charge is 0.457 e. The van der Waals surface area contributed by atoms with Crippen LogP contribution < -0.4 is 0 Å². The van der Waals surface area contributed by atoms with Crippen LogP contribution in [0.4, 0.5) is 4.79 Å². The first-order valence-corrected chi connectivity index (χ1v) is 13.0. The van der Waals surface area contributed by atoms with Crippen LogP contribution in [0.25, 0.3) is 11.1 Å². The van der Waals surface area contributed by atoms with Crippen molar-refractivity contribution in [3.05, 3.63) is 47.4 Å². The van der Waals surface area contributed by atoms with Gasteiger partial charge in [-0.3, -0.25) is 9.59 Å². The fourth-order valence-corrected chi connectivity index (χ4v) is 5.21. The van der Waals surface area contributed by atoms with Crippen LogP contribution in [0.3, 0.4) is 0 Å². The summed E-state index contributed by atoms with van der Waals surface area (Å²) in [4.78, 5) is 40.7. The summed E-state index contributed by atoms with van der Waals surface area (Å²) in [5, 5.41) is 9.03. The number of methoxy groups -OCH3 is 1. The number of amides is 2. The summed E-state index contributed by atoms with van der Waals surface area (Å²) in [5.74, 6) is -0.835. The Morgan fingerprint density at radius 2 is 1.84 bits per heavy atom. The van der Waals surface area contributed by atoms with Crippen LogP contribution in [0.2, 0.25) is 0 Å². The number of aryl methyl sites for hydroxylation is 2. The van der Waals surface area contributed by atoms with Crippen molar-refractivity contribution in [1.82, 2.24) is 4.90 Å². The number of carbonyl (C=O) groups is 3. The summed E-state index contributed by atoms with van der Waals surface area (Å²) >= 11 is 0. The maximum atomic E-state index is 13.6. The summed E-state index contributed by atoms with van der Waals surface area (Å²) in [6.45, 7) is 9.45. The van der Waals surface area contributed by atoms with Crippen LogP contribution in [0, 0.1) is 12.8 Å². The Bertz CT molecular complexity index is 1120. The lowest BCUT2D eigenvalue weighted by Crippen LogP contribution is -2.53. The molecular formula is C29H39NO7. The quantitative estimate of drug-likeness (QED) is 0.232. The van der Waals surface area contributed by atoms with Gasteiger partial charge in [0.05, 0.1) is 6.04 Å². The predicted molar refractivity (Wildman–Crippen MR) is 139 cm³/mol. The second-order valence-corrected chi connectivity index (χ2v) is 10.6.